The van der Waals surface area contributed by atoms with Crippen LogP contribution >= 0.6 is 22.9 Å². The normalized spacial score (nSPS) is 11.4. The highest BCUT2D eigenvalue weighted by Crippen LogP contribution is 2.31. The minimum absolute atomic E-state index is 0.0103. The lowest BCUT2D eigenvalue weighted by atomic mass is 10.2. The highest BCUT2D eigenvalue weighted by Gasteiger charge is 2.18. The van der Waals surface area contributed by atoms with E-state index in [1.165, 1.54) is 29.5 Å². The molecular weight excluding hydrogens is 425 g/mol. The van der Waals surface area contributed by atoms with Crippen LogP contribution in [0.25, 0.3) is 11.4 Å². The van der Waals surface area contributed by atoms with Crippen molar-refractivity contribution in [3.8, 4) is 11.4 Å². The van der Waals surface area contributed by atoms with Crippen LogP contribution in [0, 0.1) is 5.82 Å². The van der Waals surface area contributed by atoms with Crippen LogP contribution in [0.3, 0.4) is 0 Å². The summed E-state index contributed by atoms with van der Waals surface area (Å²) in [6.45, 7) is 1.93. The molecule has 0 aliphatic rings. The van der Waals surface area contributed by atoms with E-state index in [-0.39, 0.29) is 15.6 Å². The number of nitrogens with zero attached hydrogens (tertiary/aromatic N) is 2. The van der Waals surface area contributed by atoms with Gasteiger partial charge in [0.2, 0.25) is 0 Å². The van der Waals surface area contributed by atoms with E-state index in [9.17, 15) is 17.6 Å². The van der Waals surface area contributed by atoms with Gasteiger partial charge < -0.3 is 5.32 Å². The summed E-state index contributed by atoms with van der Waals surface area (Å²) in [4.78, 5) is 21.9. The summed E-state index contributed by atoms with van der Waals surface area (Å²) < 4.78 is 36.6. The molecule has 2 aromatic heterocycles. The number of halogens is 2. The van der Waals surface area contributed by atoms with Gasteiger partial charge in [-0.3, -0.25) is 4.79 Å². The first-order chi connectivity index (χ1) is 13.2. The second kappa shape index (κ2) is 7.94. The van der Waals surface area contributed by atoms with E-state index in [4.69, 9.17) is 11.6 Å². The third-order valence-corrected chi connectivity index (χ3v) is 6.36. The third kappa shape index (κ3) is 4.54. The first kappa shape index (κ1) is 20.4. The maximum Gasteiger partial charge on any atom is 0.265 e. The Morgan fingerprint density at radius 2 is 1.89 bits per heavy atom. The van der Waals surface area contributed by atoms with Gasteiger partial charge in [0.25, 0.3) is 5.91 Å². The van der Waals surface area contributed by atoms with E-state index in [1.54, 1.807) is 6.07 Å². The molecule has 0 spiro atoms. The molecule has 10 heteroatoms. The molecule has 0 atom stereocenters. The molecule has 0 saturated heterocycles. The number of hydrogen-bond donors (Lipinski definition) is 1. The summed E-state index contributed by atoms with van der Waals surface area (Å²) in [6, 6.07) is 5.76. The Labute approximate surface area is 170 Å². The Morgan fingerprint density at radius 1 is 1.21 bits per heavy atom. The highest BCUT2D eigenvalue weighted by atomic mass is 35.5. The smallest absolute Gasteiger partial charge is 0.265 e. The average Bonchev–Trinajstić information content (AvgIpc) is 3.05. The van der Waals surface area contributed by atoms with Gasteiger partial charge in [0.05, 0.1) is 22.2 Å². The number of amides is 1. The van der Waals surface area contributed by atoms with Crippen LogP contribution in [-0.4, -0.2) is 30.5 Å². The molecule has 6 nitrogen and oxygen atoms in total. The molecule has 2 heterocycles. The van der Waals surface area contributed by atoms with Gasteiger partial charge in [-0.1, -0.05) is 18.5 Å². The maximum atomic E-state index is 13.1. The Morgan fingerprint density at radius 3 is 2.50 bits per heavy atom. The Kier molecular flexibility index (Phi) is 5.78. The van der Waals surface area contributed by atoms with Gasteiger partial charge in [-0.2, -0.15) is 0 Å². The van der Waals surface area contributed by atoms with E-state index in [0.717, 1.165) is 23.5 Å². The number of aryl methyl sites for hydroxylation is 1. The van der Waals surface area contributed by atoms with Gasteiger partial charge in [-0.05, 0) is 30.7 Å². The number of sulfone groups is 1. The second-order valence-corrected chi connectivity index (χ2v) is 9.52. The molecule has 0 unspecified atom stereocenters. The Hall–Kier alpha value is -2.36. The number of rotatable bonds is 5. The quantitative estimate of drug-likeness (QED) is 0.643. The number of aromatic nitrogens is 2. The van der Waals surface area contributed by atoms with Gasteiger partial charge in [-0.25, -0.2) is 22.8 Å². The molecule has 0 aliphatic heterocycles. The predicted molar refractivity (Wildman–Crippen MR) is 107 cm³/mol. The summed E-state index contributed by atoms with van der Waals surface area (Å²) in [5, 5.41) is 2.85. The van der Waals surface area contributed by atoms with Crippen LogP contribution in [-0.2, 0) is 16.3 Å². The van der Waals surface area contributed by atoms with Gasteiger partial charge in [0.1, 0.15) is 0 Å². The lowest BCUT2D eigenvalue weighted by Crippen LogP contribution is -2.11. The molecule has 146 valence electrons. The number of benzene rings is 1. The van der Waals surface area contributed by atoms with Crippen molar-refractivity contribution in [3.05, 3.63) is 57.3 Å². The Bertz CT molecular complexity index is 1150. The van der Waals surface area contributed by atoms with Crippen LogP contribution in [0.1, 0.15) is 21.5 Å². The predicted octanol–water partition coefficient (Wildman–Crippen LogP) is 4.22. The zero-order chi connectivity index (χ0) is 20.5. The second-order valence-electron chi connectivity index (χ2n) is 5.93. The summed E-state index contributed by atoms with van der Waals surface area (Å²) in [5.41, 5.74) is 0.921. The van der Waals surface area contributed by atoms with Gasteiger partial charge >= 0.3 is 0 Å². The lowest BCUT2D eigenvalue weighted by Gasteiger charge is -2.07. The first-order valence-corrected chi connectivity index (χ1v) is 11.2. The molecule has 1 amide bonds. The zero-order valence-electron chi connectivity index (χ0n) is 14.9. The van der Waals surface area contributed by atoms with Crippen molar-refractivity contribution in [1.82, 2.24) is 9.97 Å². The van der Waals surface area contributed by atoms with Crippen molar-refractivity contribution in [2.75, 3.05) is 11.6 Å². The number of thiophene rings is 1. The van der Waals surface area contributed by atoms with Crippen molar-refractivity contribution in [3.63, 3.8) is 0 Å². The largest absolute Gasteiger partial charge is 0.321 e. The molecule has 28 heavy (non-hydrogen) atoms. The van der Waals surface area contributed by atoms with Gasteiger partial charge in [-0.15, -0.1) is 11.3 Å². The summed E-state index contributed by atoms with van der Waals surface area (Å²) in [7, 11) is -3.47. The average molecular weight is 440 g/mol. The first-order valence-electron chi connectivity index (χ1n) is 8.10. The monoisotopic (exact) mass is 439 g/mol. The molecule has 0 saturated carbocycles. The summed E-state index contributed by atoms with van der Waals surface area (Å²) in [5.74, 6) is -0.636. The fraction of sp³-hybridized carbons (Fsp3) is 0.167. The van der Waals surface area contributed by atoms with E-state index in [1.807, 2.05) is 6.92 Å². The molecule has 1 N–H and O–H groups in total. The van der Waals surface area contributed by atoms with E-state index in [2.05, 4.69) is 15.3 Å². The molecule has 3 rings (SSSR count). The summed E-state index contributed by atoms with van der Waals surface area (Å²) >= 11 is 7.23. The van der Waals surface area contributed by atoms with Crippen molar-refractivity contribution in [2.24, 2.45) is 0 Å². The Balaban J connectivity index is 1.92. The minimum Gasteiger partial charge on any atom is -0.321 e. The highest BCUT2D eigenvalue weighted by molar-refractivity contribution is 7.90. The van der Waals surface area contributed by atoms with Crippen LogP contribution < -0.4 is 5.32 Å². The van der Waals surface area contributed by atoms with Crippen molar-refractivity contribution < 1.29 is 17.6 Å². The fourth-order valence-corrected chi connectivity index (χ4v) is 4.46. The number of anilines is 1. The van der Waals surface area contributed by atoms with Crippen LogP contribution in [0.15, 0.2) is 41.6 Å². The van der Waals surface area contributed by atoms with Crippen LogP contribution in [0.5, 0.6) is 0 Å². The number of carbonyl (C=O) groups is 1. The number of nitrogens with one attached hydrogen (secondary N) is 1. The van der Waals surface area contributed by atoms with Crippen molar-refractivity contribution >= 4 is 44.4 Å². The molecule has 0 radical (unpaired) electrons. The molecule has 0 bridgehead atoms. The van der Waals surface area contributed by atoms with E-state index >= 15 is 0 Å². The lowest BCUT2D eigenvalue weighted by molar-refractivity contribution is 0.103. The fourth-order valence-electron chi connectivity index (χ4n) is 2.49. The van der Waals surface area contributed by atoms with Crippen LogP contribution in [0.2, 0.25) is 5.02 Å². The molecule has 1 aromatic carbocycles. The molecular formula is C18H15ClFN3O3S2. The maximum absolute atomic E-state index is 13.1. The topological polar surface area (TPSA) is 89.0 Å². The molecule has 0 aliphatic carbocycles. The minimum atomic E-state index is -3.47. The van der Waals surface area contributed by atoms with E-state index < -0.39 is 21.6 Å². The van der Waals surface area contributed by atoms with E-state index in [0.29, 0.717) is 22.7 Å². The number of hydrogen-bond acceptors (Lipinski definition) is 6. The van der Waals surface area contributed by atoms with Gasteiger partial charge in [0.15, 0.2) is 21.5 Å². The van der Waals surface area contributed by atoms with Crippen LogP contribution in [0.4, 0.5) is 10.1 Å². The SMILES string of the molecule is CCc1sc(C(=O)Nc2cc(Cl)cc(S(C)(=O)=O)c2)cc1-c1ncc(F)cn1. The third-order valence-electron chi connectivity index (χ3n) is 3.77. The number of carbonyl (C=O) groups excluding carboxylic acids is 1. The van der Waals surface area contributed by atoms with Gasteiger partial charge in [0, 0.05) is 27.4 Å². The molecule has 3 aromatic rings. The molecule has 0 fully saturated rings. The standard InChI is InChI=1S/C18H15ClFN3O3S2/c1-3-15-14(17-21-8-11(20)9-22-17)7-16(27-15)18(24)23-12-4-10(19)5-13(6-12)28(2,25)26/h4-9H,3H2,1-2H3,(H,23,24). The summed E-state index contributed by atoms with van der Waals surface area (Å²) in [6.07, 6.45) is 3.84. The zero-order valence-corrected chi connectivity index (χ0v) is 17.3. The van der Waals surface area contributed by atoms with Crippen molar-refractivity contribution in [2.45, 2.75) is 18.2 Å². The van der Waals surface area contributed by atoms with Crippen molar-refractivity contribution in [1.29, 1.82) is 0 Å².